The molecule has 0 aliphatic carbocycles. The molecule has 0 fully saturated rings. The first-order valence-corrected chi connectivity index (χ1v) is 5.73. The Morgan fingerprint density at radius 2 is 1.58 bits per heavy atom. The average molecular weight is 249 g/mol. The number of carbonyl (C=O) groups excluding carboxylic acids is 1. The minimum absolute atomic E-state index is 0.0324. The van der Waals surface area contributed by atoms with Crippen LogP contribution in [0, 0.1) is 11.3 Å². The summed E-state index contributed by atoms with van der Waals surface area (Å²) in [5.41, 5.74) is 0.749. The maximum Gasteiger partial charge on any atom is 0.354 e. The molecule has 0 unspecified atom stereocenters. The van der Waals surface area contributed by atoms with Crippen LogP contribution in [0.1, 0.15) is 5.56 Å². The lowest BCUT2D eigenvalue weighted by Gasteiger charge is -2.02. The molecule has 0 bridgehead atoms. The van der Waals surface area contributed by atoms with Crippen LogP contribution in [0.5, 0.6) is 5.75 Å². The molecule has 2 aromatic carbocycles. The van der Waals surface area contributed by atoms with E-state index in [1.54, 1.807) is 24.3 Å². The highest BCUT2D eigenvalue weighted by atomic mass is 16.5. The topological polar surface area (TPSA) is 50.1 Å². The molecule has 0 aliphatic heterocycles. The van der Waals surface area contributed by atoms with Crippen molar-refractivity contribution in [3.8, 4) is 11.8 Å². The zero-order valence-electron chi connectivity index (χ0n) is 10.1. The summed E-state index contributed by atoms with van der Waals surface area (Å²) in [7, 11) is 0. The quantitative estimate of drug-likeness (QED) is 0.363. The van der Waals surface area contributed by atoms with E-state index in [1.165, 1.54) is 6.08 Å². The number of ether oxygens (including phenoxy) is 1. The van der Waals surface area contributed by atoms with E-state index in [2.05, 4.69) is 0 Å². The molecular formula is C16H11NO2. The van der Waals surface area contributed by atoms with Gasteiger partial charge in [-0.3, -0.25) is 0 Å². The molecule has 2 rings (SSSR count). The lowest BCUT2D eigenvalue weighted by molar-refractivity contribution is -0.129. The third-order valence-corrected chi connectivity index (χ3v) is 2.40. The van der Waals surface area contributed by atoms with Crippen LogP contribution in [0.15, 0.2) is 66.2 Å². The molecule has 92 valence electrons. The third kappa shape index (κ3) is 3.55. The monoisotopic (exact) mass is 249 g/mol. The summed E-state index contributed by atoms with van der Waals surface area (Å²) < 4.78 is 5.11. The smallest absolute Gasteiger partial charge is 0.354 e. The molecule has 0 N–H and O–H groups in total. The second kappa shape index (κ2) is 6.18. The number of hydrogen-bond acceptors (Lipinski definition) is 3. The van der Waals surface area contributed by atoms with E-state index in [4.69, 9.17) is 10.00 Å². The molecule has 0 saturated heterocycles. The number of carbonyl (C=O) groups is 1. The van der Waals surface area contributed by atoms with E-state index in [1.807, 2.05) is 42.5 Å². The van der Waals surface area contributed by atoms with E-state index in [0.717, 1.165) is 5.56 Å². The Morgan fingerprint density at radius 3 is 2.16 bits per heavy atom. The van der Waals surface area contributed by atoms with Crippen molar-refractivity contribution < 1.29 is 9.53 Å². The Bertz CT molecular complexity index is 625. The van der Waals surface area contributed by atoms with E-state index in [-0.39, 0.29) is 5.57 Å². The summed E-state index contributed by atoms with van der Waals surface area (Å²) in [5, 5.41) is 9.02. The van der Waals surface area contributed by atoms with Gasteiger partial charge in [-0.15, -0.1) is 0 Å². The molecule has 0 saturated carbocycles. The second-order valence-corrected chi connectivity index (χ2v) is 3.78. The van der Waals surface area contributed by atoms with Crippen LogP contribution in [0.25, 0.3) is 6.08 Å². The van der Waals surface area contributed by atoms with Crippen molar-refractivity contribution >= 4 is 12.0 Å². The average Bonchev–Trinajstić information content (AvgIpc) is 2.47. The third-order valence-electron chi connectivity index (χ3n) is 2.40. The zero-order valence-corrected chi connectivity index (χ0v) is 10.1. The summed E-state index contributed by atoms with van der Waals surface area (Å²) in [4.78, 5) is 11.8. The van der Waals surface area contributed by atoms with Crippen molar-refractivity contribution in [1.82, 2.24) is 0 Å². The molecule has 0 aliphatic rings. The molecule has 2 aromatic rings. The fraction of sp³-hybridized carbons (Fsp3) is 0. The van der Waals surface area contributed by atoms with Gasteiger partial charge in [0.05, 0.1) is 0 Å². The normalized spacial score (nSPS) is 10.6. The van der Waals surface area contributed by atoms with Gasteiger partial charge in [-0.25, -0.2) is 4.79 Å². The van der Waals surface area contributed by atoms with Crippen molar-refractivity contribution in [3.05, 3.63) is 71.8 Å². The van der Waals surface area contributed by atoms with E-state index < -0.39 is 5.97 Å². The highest BCUT2D eigenvalue weighted by Crippen LogP contribution is 2.12. The molecule has 19 heavy (non-hydrogen) atoms. The fourth-order valence-electron chi connectivity index (χ4n) is 1.50. The summed E-state index contributed by atoms with van der Waals surface area (Å²) in [6.07, 6.45) is 1.51. The SMILES string of the molecule is N#CC(=Cc1ccccc1)C(=O)Oc1ccccc1. The van der Waals surface area contributed by atoms with Gasteiger partial charge < -0.3 is 4.74 Å². The van der Waals surface area contributed by atoms with Crippen molar-refractivity contribution in [2.45, 2.75) is 0 Å². The van der Waals surface area contributed by atoms with Crippen LogP contribution in [-0.2, 0) is 4.79 Å². The summed E-state index contributed by atoms with van der Waals surface area (Å²) in [6, 6.07) is 19.7. The maximum atomic E-state index is 11.8. The van der Waals surface area contributed by atoms with Gasteiger partial charge in [0.25, 0.3) is 0 Å². The van der Waals surface area contributed by atoms with Gasteiger partial charge in [0.2, 0.25) is 0 Å². The highest BCUT2D eigenvalue weighted by molar-refractivity contribution is 5.99. The Kier molecular flexibility index (Phi) is 4.09. The molecule has 3 nitrogen and oxygen atoms in total. The Balaban J connectivity index is 2.17. The van der Waals surface area contributed by atoms with Crippen LogP contribution in [-0.4, -0.2) is 5.97 Å². The first-order chi connectivity index (χ1) is 9.29. The fourth-order valence-corrected chi connectivity index (χ4v) is 1.50. The molecule has 0 amide bonds. The van der Waals surface area contributed by atoms with Crippen molar-refractivity contribution in [2.24, 2.45) is 0 Å². The Hall–Kier alpha value is -2.86. The molecular weight excluding hydrogens is 238 g/mol. The summed E-state index contributed by atoms with van der Waals surface area (Å²) >= 11 is 0. The van der Waals surface area contributed by atoms with Gasteiger partial charge in [-0.2, -0.15) is 5.26 Å². The molecule has 0 aromatic heterocycles. The minimum atomic E-state index is -0.655. The van der Waals surface area contributed by atoms with Crippen molar-refractivity contribution in [3.63, 3.8) is 0 Å². The van der Waals surface area contributed by atoms with Gasteiger partial charge in [0.1, 0.15) is 17.4 Å². The van der Waals surface area contributed by atoms with Gasteiger partial charge >= 0.3 is 5.97 Å². The van der Waals surface area contributed by atoms with Crippen molar-refractivity contribution in [2.75, 3.05) is 0 Å². The van der Waals surface area contributed by atoms with Gasteiger partial charge in [0, 0.05) is 0 Å². The lowest BCUT2D eigenvalue weighted by Crippen LogP contribution is -2.09. The van der Waals surface area contributed by atoms with Crippen LogP contribution in [0.4, 0.5) is 0 Å². The molecule has 3 heteroatoms. The number of benzene rings is 2. The largest absolute Gasteiger partial charge is 0.422 e. The number of hydrogen-bond donors (Lipinski definition) is 0. The predicted molar refractivity (Wildman–Crippen MR) is 72.1 cm³/mol. The van der Waals surface area contributed by atoms with E-state index in [0.29, 0.717) is 5.75 Å². The van der Waals surface area contributed by atoms with Crippen LogP contribution in [0.3, 0.4) is 0 Å². The van der Waals surface area contributed by atoms with Gasteiger partial charge in [-0.05, 0) is 23.8 Å². The maximum absolute atomic E-state index is 11.8. The summed E-state index contributed by atoms with van der Waals surface area (Å²) in [6.45, 7) is 0. The molecule has 0 spiro atoms. The van der Waals surface area contributed by atoms with Crippen LogP contribution < -0.4 is 4.74 Å². The Labute approximate surface area is 111 Å². The van der Waals surface area contributed by atoms with E-state index >= 15 is 0 Å². The Morgan fingerprint density at radius 1 is 1.00 bits per heavy atom. The minimum Gasteiger partial charge on any atom is -0.422 e. The molecule has 0 atom stereocenters. The zero-order chi connectivity index (χ0) is 13.5. The standard InChI is InChI=1S/C16H11NO2/c17-12-14(11-13-7-3-1-4-8-13)16(18)19-15-9-5-2-6-10-15/h1-11H. The summed E-state index contributed by atoms with van der Waals surface area (Å²) in [5.74, 6) is -0.237. The molecule has 0 radical (unpaired) electrons. The number of rotatable bonds is 3. The van der Waals surface area contributed by atoms with Crippen molar-refractivity contribution in [1.29, 1.82) is 5.26 Å². The highest BCUT2D eigenvalue weighted by Gasteiger charge is 2.11. The number of nitriles is 1. The van der Waals surface area contributed by atoms with Gasteiger partial charge in [0.15, 0.2) is 0 Å². The lowest BCUT2D eigenvalue weighted by atomic mass is 10.1. The van der Waals surface area contributed by atoms with E-state index in [9.17, 15) is 4.79 Å². The molecule has 0 heterocycles. The van der Waals surface area contributed by atoms with Gasteiger partial charge in [-0.1, -0.05) is 48.5 Å². The predicted octanol–water partition coefficient (Wildman–Crippen LogP) is 3.20. The second-order valence-electron chi connectivity index (χ2n) is 3.78. The first-order valence-electron chi connectivity index (χ1n) is 5.73. The first kappa shape index (κ1) is 12.6. The number of para-hydroxylation sites is 1. The van der Waals surface area contributed by atoms with Crippen LogP contribution >= 0.6 is 0 Å². The number of nitrogens with zero attached hydrogens (tertiary/aromatic N) is 1. The van der Waals surface area contributed by atoms with Crippen LogP contribution in [0.2, 0.25) is 0 Å². The number of esters is 1.